The number of nitrogens with zero attached hydrogens (tertiary/aromatic N) is 2. The average molecular weight is 439 g/mol. The highest BCUT2D eigenvalue weighted by molar-refractivity contribution is 5.99. The Morgan fingerprint density at radius 3 is 2.47 bits per heavy atom. The molecule has 2 aromatic rings. The zero-order chi connectivity index (χ0) is 22.9. The Kier molecular flexibility index (Phi) is 8.21. The van der Waals surface area contributed by atoms with Crippen molar-refractivity contribution in [2.24, 2.45) is 0 Å². The monoisotopic (exact) mass is 438 g/mol. The van der Waals surface area contributed by atoms with Gasteiger partial charge in [0.1, 0.15) is 0 Å². The van der Waals surface area contributed by atoms with Crippen LogP contribution in [0.1, 0.15) is 27.9 Å². The SMILES string of the molecule is Cc1c(NC(=O)CCNC(=O)N(C)Cc2ccccc2)cccc1C(=O)N1CCOCC1. The standard InChI is InChI=1S/C24H30N4O4/c1-18-20(23(30)28-13-15-32-16-14-28)9-6-10-21(18)26-22(29)11-12-25-24(31)27(2)17-19-7-4-3-5-8-19/h3-10H,11-17H2,1-2H3,(H,25,31)(H,26,29). The van der Waals surface area contributed by atoms with E-state index in [2.05, 4.69) is 10.6 Å². The summed E-state index contributed by atoms with van der Waals surface area (Å²) in [5.74, 6) is -0.286. The largest absolute Gasteiger partial charge is 0.378 e. The molecule has 4 amide bonds. The lowest BCUT2D eigenvalue weighted by atomic mass is 10.0. The normalized spacial score (nSPS) is 13.4. The number of hydrogen-bond acceptors (Lipinski definition) is 4. The van der Waals surface area contributed by atoms with Crippen LogP contribution in [-0.2, 0) is 16.1 Å². The fourth-order valence-electron chi connectivity index (χ4n) is 3.50. The molecule has 170 valence electrons. The van der Waals surface area contributed by atoms with Crippen molar-refractivity contribution in [3.8, 4) is 0 Å². The second-order valence-corrected chi connectivity index (χ2v) is 7.75. The van der Waals surface area contributed by atoms with Gasteiger partial charge in [-0.2, -0.15) is 0 Å². The van der Waals surface area contributed by atoms with Gasteiger partial charge >= 0.3 is 6.03 Å². The van der Waals surface area contributed by atoms with Gasteiger partial charge in [-0.1, -0.05) is 36.4 Å². The van der Waals surface area contributed by atoms with E-state index in [0.29, 0.717) is 44.1 Å². The zero-order valence-electron chi connectivity index (χ0n) is 18.6. The number of nitrogens with one attached hydrogen (secondary N) is 2. The molecule has 1 heterocycles. The second-order valence-electron chi connectivity index (χ2n) is 7.75. The van der Waals surface area contributed by atoms with Gasteiger partial charge in [-0.15, -0.1) is 0 Å². The zero-order valence-corrected chi connectivity index (χ0v) is 18.6. The lowest BCUT2D eigenvalue weighted by Crippen LogP contribution is -2.41. The highest BCUT2D eigenvalue weighted by Crippen LogP contribution is 2.21. The smallest absolute Gasteiger partial charge is 0.317 e. The third-order valence-corrected chi connectivity index (χ3v) is 5.37. The molecule has 2 aromatic carbocycles. The molecule has 8 heteroatoms. The van der Waals surface area contributed by atoms with Crippen LogP contribution in [0, 0.1) is 6.92 Å². The predicted molar refractivity (Wildman–Crippen MR) is 122 cm³/mol. The Balaban J connectivity index is 1.48. The van der Waals surface area contributed by atoms with Crippen LogP contribution in [0.5, 0.6) is 0 Å². The topological polar surface area (TPSA) is 91.0 Å². The van der Waals surface area contributed by atoms with Crippen molar-refractivity contribution < 1.29 is 19.1 Å². The number of amides is 4. The molecule has 0 radical (unpaired) electrons. The number of anilines is 1. The van der Waals surface area contributed by atoms with Crippen LogP contribution >= 0.6 is 0 Å². The molecule has 32 heavy (non-hydrogen) atoms. The van der Waals surface area contributed by atoms with Gasteiger partial charge in [0.2, 0.25) is 5.91 Å². The van der Waals surface area contributed by atoms with Gasteiger partial charge < -0.3 is 25.2 Å². The quantitative estimate of drug-likeness (QED) is 0.695. The van der Waals surface area contributed by atoms with Crippen molar-refractivity contribution in [3.63, 3.8) is 0 Å². The molecule has 0 aliphatic carbocycles. The van der Waals surface area contributed by atoms with Crippen molar-refractivity contribution in [3.05, 3.63) is 65.2 Å². The van der Waals surface area contributed by atoms with Crippen LogP contribution in [0.15, 0.2) is 48.5 Å². The van der Waals surface area contributed by atoms with Crippen LogP contribution < -0.4 is 10.6 Å². The Morgan fingerprint density at radius 1 is 1.03 bits per heavy atom. The maximum atomic E-state index is 12.8. The molecule has 3 rings (SSSR count). The van der Waals surface area contributed by atoms with Crippen LogP contribution in [0.4, 0.5) is 10.5 Å². The van der Waals surface area contributed by atoms with E-state index in [1.807, 2.05) is 37.3 Å². The number of rotatable bonds is 7. The Morgan fingerprint density at radius 2 is 1.75 bits per heavy atom. The number of ether oxygens (including phenoxy) is 1. The number of morpholine rings is 1. The third kappa shape index (κ3) is 6.31. The Bertz CT molecular complexity index is 942. The lowest BCUT2D eigenvalue weighted by Gasteiger charge is -2.27. The van der Waals surface area contributed by atoms with E-state index in [4.69, 9.17) is 4.74 Å². The second kappa shape index (κ2) is 11.3. The molecule has 1 aliphatic heterocycles. The van der Waals surface area contributed by atoms with Crippen molar-refractivity contribution in [1.82, 2.24) is 15.1 Å². The van der Waals surface area contributed by atoms with Crippen molar-refractivity contribution in [1.29, 1.82) is 0 Å². The number of benzene rings is 2. The van der Waals surface area contributed by atoms with E-state index >= 15 is 0 Å². The molecule has 8 nitrogen and oxygen atoms in total. The fourth-order valence-corrected chi connectivity index (χ4v) is 3.50. The minimum Gasteiger partial charge on any atom is -0.378 e. The van der Waals surface area contributed by atoms with Gasteiger partial charge in [0.05, 0.1) is 13.2 Å². The number of urea groups is 1. The van der Waals surface area contributed by atoms with Gasteiger partial charge in [-0.25, -0.2) is 4.79 Å². The number of hydrogen-bond donors (Lipinski definition) is 2. The molecule has 0 atom stereocenters. The molecule has 1 fully saturated rings. The summed E-state index contributed by atoms with van der Waals surface area (Å²) in [6.07, 6.45) is 0.131. The third-order valence-electron chi connectivity index (χ3n) is 5.37. The minimum absolute atomic E-state index is 0.0596. The lowest BCUT2D eigenvalue weighted by molar-refractivity contribution is -0.116. The molecule has 0 spiro atoms. The highest BCUT2D eigenvalue weighted by atomic mass is 16.5. The summed E-state index contributed by atoms with van der Waals surface area (Å²) >= 11 is 0. The van der Waals surface area contributed by atoms with Gasteiger partial charge in [-0.3, -0.25) is 9.59 Å². The van der Waals surface area contributed by atoms with E-state index < -0.39 is 0 Å². The first-order chi connectivity index (χ1) is 15.5. The van der Waals surface area contributed by atoms with Gasteiger partial charge in [0, 0.05) is 50.9 Å². The molecule has 2 N–H and O–H groups in total. The van der Waals surface area contributed by atoms with E-state index in [9.17, 15) is 14.4 Å². The van der Waals surface area contributed by atoms with Gasteiger partial charge in [0.25, 0.3) is 5.91 Å². The Hall–Kier alpha value is -3.39. The molecule has 1 aliphatic rings. The molecule has 0 saturated carbocycles. The summed E-state index contributed by atoms with van der Waals surface area (Å²) in [7, 11) is 1.71. The van der Waals surface area contributed by atoms with Crippen molar-refractivity contribution in [2.75, 3.05) is 45.2 Å². The molecular formula is C24H30N4O4. The molecular weight excluding hydrogens is 408 g/mol. The molecule has 0 aromatic heterocycles. The predicted octanol–water partition coefficient (Wildman–Crippen LogP) is 2.64. The summed E-state index contributed by atoms with van der Waals surface area (Å²) in [5, 5.41) is 5.61. The van der Waals surface area contributed by atoms with E-state index in [1.165, 1.54) is 0 Å². The summed E-state index contributed by atoms with van der Waals surface area (Å²) in [5.41, 5.74) is 2.93. The molecule has 0 bridgehead atoms. The Labute approximate surface area is 188 Å². The van der Waals surface area contributed by atoms with E-state index in [0.717, 1.165) is 11.1 Å². The summed E-state index contributed by atoms with van der Waals surface area (Å²) in [4.78, 5) is 40.8. The van der Waals surface area contributed by atoms with Crippen molar-refractivity contribution in [2.45, 2.75) is 19.9 Å². The van der Waals surface area contributed by atoms with Crippen LogP contribution in [0.25, 0.3) is 0 Å². The van der Waals surface area contributed by atoms with Gasteiger partial charge in [0.15, 0.2) is 0 Å². The maximum Gasteiger partial charge on any atom is 0.317 e. The molecule has 0 unspecified atom stereocenters. The van der Waals surface area contributed by atoms with Crippen LogP contribution in [0.2, 0.25) is 0 Å². The molecule has 1 saturated heterocycles. The highest BCUT2D eigenvalue weighted by Gasteiger charge is 2.21. The first kappa shape index (κ1) is 23.3. The van der Waals surface area contributed by atoms with Crippen molar-refractivity contribution >= 4 is 23.5 Å². The summed E-state index contributed by atoms with van der Waals surface area (Å²) < 4.78 is 5.31. The van der Waals surface area contributed by atoms with Crippen LogP contribution in [0.3, 0.4) is 0 Å². The first-order valence-electron chi connectivity index (χ1n) is 10.7. The summed E-state index contributed by atoms with van der Waals surface area (Å²) in [6.45, 7) is 4.72. The van der Waals surface area contributed by atoms with E-state index in [-0.39, 0.29) is 30.8 Å². The van der Waals surface area contributed by atoms with E-state index in [1.54, 1.807) is 35.0 Å². The first-order valence-corrected chi connectivity index (χ1v) is 10.7. The van der Waals surface area contributed by atoms with Crippen LogP contribution in [-0.4, -0.2) is 67.5 Å². The average Bonchev–Trinajstić information content (AvgIpc) is 2.81. The number of carbonyl (C=O) groups is 3. The maximum absolute atomic E-state index is 12.8. The fraction of sp³-hybridized carbons (Fsp3) is 0.375. The summed E-state index contributed by atoms with van der Waals surface area (Å²) in [6, 6.07) is 14.8. The number of carbonyl (C=O) groups excluding carboxylic acids is 3. The van der Waals surface area contributed by atoms with Gasteiger partial charge in [-0.05, 0) is 30.2 Å². The minimum atomic E-state index is -0.240.